The summed E-state index contributed by atoms with van der Waals surface area (Å²) < 4.78 is 18.7. The number of aryl methyl sites for hydroxylation is 2. The fourth-order valence-electron chi connectivity index (χ4n) is 1.45. The summed E-state index contributed by atoms with van der Waals surface area (Å²) >= 11 is 5.86. The van der Waals surface area contributed by atoms with E-state index in [1.807, 2.05) is 13.8 Å². The van der Waals surface area contributed by atoms with E-state index in [2.05, 4.69) is 9.97 Å². The van der Waals surface area contributed by atoms with Gasteiger partial charge >= 0.3 is 0 Å². The zero-order valence-corrected chi connectivity index (χ0v) is 10.8. The molecule has 18 heavy (non-hydrogen) atoms. The Bertz CT molecular complexity index is 575. The van der Waals surface area contributed by atoms with Crippen molar-refractivity contribution in [1.82, 2.24) is 9.97 Å². The summed E-state index contributed by atoms with van der Waals surface area (Å²) in [4.78, 5) is 8.21. The molecule has 0 saturated heterocycles. The Balaban J connectivity index is 2.33. The minimum atomic E-state index is -0.355. The van der Waals surface area contributed by atoms with E-state index in [0.717, 1.165) is 5.56 Å². The second-order valence-electron chi connectivity index (χ2n) is 3.81. The molecule has 0 aliphatic carbocycles. The molecule has 0 N–H and O–H groups in total. The van der Waals surface area contributed by atoms with Gasteiger partial charge in [-0.15, -0.1) is 0 Å². The Labute approximate surface area is 110 Å². The molecule has 0 saturated carbocycles. The predicted octanol–water partition coefficient (Wildman–Crippen LogP) is 3.93. The van der Waals surface area contributed by atoms with Gasteiger partial charge in [-0.25, -0.2) is 9.37 Å². The number of halogens is 2. The summed E-state index contributed by atoms with van der Waals surface area (Å²) in [5.74, 6) is 0.977. The Morgan fingerprint density at radius 1 is 1.28 bits per heavy atom. The lowest BCUT2D eigenvalue weighted by Gasteiger charge is -2.08. The first-order chi connectivity index (χ1) is 8.58. The van der Waals surface area contributed by atoms with Gasteiger partial charge < -0.3 is 4.74 Å². The van der Waals surface area contributed by atoms with Gasteiger partial charge in [-0.05, 0) is 18.6 Å². The summed E-state index contributed by atoms with van der Waals surface area (Å²) in [5.41, 5.74) is 0.823. The molecule has 1 aromatic carbocycles. The van der Waals surface area contributed by atoms with Crippen LogP contribution in [0.25, 0.3) is 0 Å². The summed E-state index contributed by atoms with van der Waals surface area (Å²) in [6.45, 7) is 3.75. The third-order valence-electron chi connectivity index (χ3n) is 2.40. The highest BCUT2D eigenvalue weighted by molar-refractivity contribution is 6.29. The van der Waals surface area contributed by atoms with Crippen molar-refractivity contribution in [2.75, 3.05) is 0 Å². The molecule has 0 spiro atoms. The highest BCUT2D eigenvalue weighted by Gasteiger charge is 2.07. The van der Waals surface area contributed by atoms with Crippen molar-refractivity contribution in [1.29, 1.82) is 0 Å². The molecule has 5 heteroatoms. The molecule has 94 valence electrons. The molecule has 2 aromatic rings. The number of hydrogen-bond acceptors (Lipinski definition) is 3. The molecule has 3 nitrogen and oxygen atoms in total. The third kappa shape index (κ3) is 2.96. The molecule has 0 atom stereocenters. The van der Waals surface area contributed by atoms with E-state index >= 15 is 0 Å². The Kier molecular flexibility index (Phi) is 3.77. The normalized spacial score (nSPS) is 10.4. The van der Waals surface area contributed by atoms with Gasteiger partial charge in [0.25, 0.3) is 0 Å². The molecule has 0 fully saturated rings. The summed E-state index contributed by atoms with van der Waals surface area (Å²) in [6.07, 6.45) is 0.652. The van der Waals surface area contributed by atoms with Crippen molar-refractivity contribution in [3.05, 3.63) is 46.6 Å². The van der Waals surface area contributed by atoms with Crippen LogP contribution in [0.3, 0.4) is 0 Å². The largest absolute Gasteiger partial charge is 0.438 e. The number of aromatic nitrogens is 2. The topological polar surface area (TPSA) is 35.0 Å². The number of nitrogens with zero attached hydrogens (tertiary/aromatic N) is 2. The molecule has 0 aliphatic heterocycles. The quantitative estimate of drug-likeness (QED) is 0.790. The fourth-order valence-corrected chi connectivity index (χ4v) is 1.64. The van der Waals surface area contributed by atoms with Crippen molar-refractivity contribution in [2.45, 2.75) is 20.3 Å². The maximum atomic E-state index is 13.1. The zero-order chi connectivity index (χ0) is 13.1. The van der Waals surface area contributed by atoms with Crippen LogP contribution in [0.5, 0.6) is 11.6 Å². The van der Waals surface area contributed by atoms with Gasteiger partial charge in [0.2, 0.25) is 5.88 Å². The predicted molar refractivity (Wildman–Crippen MR) is 67.6 cm³/mol. The van der Waals surface area contributed by atoms with E-state index in [0.29, 0.717) is 29.0 Å². The average molecular weight is 267 g/mol. The molecule has 0 aliphatic rings. The standard InChI is InChI=1S/C13H12ClFN2O/c1-3-12-16-11(14)7-13(17-12)18-10-6-9(15)5-4-8(10)2/h4-7H,3H2,1-2H3. The molecule has 0 bridgehead atoms. The van der Waals surface area contributed by atoms with Crippen molar-refractivity contribution in [3.8, 4) is 11.6 Å². The van der Waals surface area contributed by atoms with Crippen molar-refractivity contribution in [2.24, 2.45) is 0 Å². The summed E-state index contributed by atoms with van der Waals surface area (Å²) in [7, 11) is 0. The van der Waals surface area contributed by atoms with Gasteiger partial charge in [-0.3, -0.25) is 0 Å². The first-order valence-corrected chi connectivity index (χ1v) is 5.93. The number of benzene rings is 1. The minimum absolute atomic E-state index is 0.311. The third-order valence-corrected chi connectivity index (χ3v) is 2.59. The molecule has 2 rings (SSSR count). The fraction of sp³-hybridized carbons (Fsp3) is 0.231. The highest BCUT2D eigenvalue weighted by atomic mass is 35.5. The lowest BCUT2D eigenvalue weighted by atomic mass is 10.2. The molecule has 0 radical (unpaired) electrons. The molecule has 0 amide bonds. The molecular weight excluding hydrogens is 255 g/mol. The first kappa shape index (κ1) is 12.8. The van der Waals surface area contributed by atoms with Gasteiger partial charge in [0.1, 0.15) is 22.5 Å². The highest BCUT2D eigenvalue weighted by Crippen LogP contribution is 2.25. The van der Waals surface area contributed by atoms with Gasteiger partial charge in [-0.1, -0.05) is 24.6 Å². The molecule has 0 unspecified atom stereocenters. The maximum absolute atomic E-state index is 13.1. The van der Waals surface area contributed by atoms with Crippen LogP contribution in [0.2, 0.25) is 5.15 Å². The average Bonchev–Trinajstić information content (AvgIpc) is 2.33. The van der Waals surface area contributed by atoms with Crippen molar-refractivity contribution < 1.29 is 9.13 Å². The zero-order valence-electron chi connectivity index (χ0n) is 10.1. The van der Waals surface area contributed by atoms with Crippen LogP contribution >= 0.6 is 11.6 Å². The Hall–Kier alpha value is -1.68. The van der Waals surface area contributed by atoms with Crippen LogP contribution in [-0.2, 0) is 6.42 Å². The maximum Gasteiger partial charge on any atom is 0.224 e. The molecule has 1 heterocycles. The monoisotopic (exact) mass is 266 g/mol. The minimum Gasteiger partial charge on any atom is -0.438 e. The van der Waals surface area contributed by atoms with Gasteiger partial charge in [-0.2, -0.15) is 4.98 Å². The summed E-state index contributed by atoms with van der Waals surface area (Å²) in [5, 5.41) is 0.311. The van der Waals surface area contributed by atoms with Gasteiger partial charge in [0.15, 0.2) is 0 Å². The van der Waals surface area contributed by atoms with E-state index in [1.165, 1.54) is 18.2 Å². The number of hydrogen-bond donors (Lipinski definition) is 0. The van der Waals surface area contributed by atoms with Crippen molar-refractivity contribution in [3.63, 3.8) is 0 Å². The summed E-state index contributed by atoms with van der Waals surface area (Å²) in [6, 6.07) is 5.85. The molecular formula is C13H12ClFN2O. The van der Waals surface area contributed by atoms with Crippen LogP contribution in [0.15, 0.2) is 24.3 Å². The van der Waals surface area contributed by atoms with Crippen LogP contribution in [0.1, 0.15) is 18.3 Å². The second kappa shape index (κ2) is 5.31. The SMILES string of the molecule is CCc1nc(Cl)cc(Oc2cc(F)ccc2C)n1. The smallest absolute Gasteiger partial charge is 0.224 e. The second-order valence-corrected chi connectivity index (χ2v) is 4.20. The Morgan fingerprint density at radius 2 is 2.06 bits per heavy atom. The van der Waals surface area contributed by atoms with Crippen LogP contribution in [0, 0.1) is 12.7 Å². The lowest BCUT2D eigenvalue weighted by molar-refractivity contribution is 0.451. The Morgan fingerprint density at radius 3 is 2.78 bits per heavy atom. The van der Waals surface area contributed by atoms with E-state index in [-0.39, 0.29) is 5.82 Å². The van der Waals surface area contributed by atoms with Gasteiger partial charge in [0.05, 0.1) is 0 Å². The van der Waals surface area contributed by atoms with Crippen molar-refractivity contribution >= 4 is 11.6 Å². The van der Waals surface area contributed by atoms with E-state index < -0.39 is 0 Å². The van der Waals surface area contributed by atoms with Crippen LogP contribution in [-0.4, -0.2) is 9.97 Å². The first-order valence-electron chi connectivity index (χ1n) is 5.56. The van der Waals surface area contributed by atoms with E-state index in [9.17, 15) is 4.39 Å². The number of ether oxygens (including phenoxy) is 1. The van der Waals surface area contributed by atoms with Gasteiger partial charge in [0, 0.05) is 18.6 Å². The number of rotatable bonds is 3. The van der Waals surface area contributed by atoms with Crippen LogP contribution < -0.4 is 4.74 Å². The van der Waals surface area contributed by atoms with E-state index in [1.54, 1.807) is 6.07 Å². The van der Waals surface area contributed by atoms with Crippen LogP contribution in [0.4, 0.5) is 4.39 Å². The lowest BCUT2D eigenvalue weighted by Crippen LogP contribution is -1.97. The molecule has 1 aromatic heterocycles. The van der Waals surface area contributed by atoms with E-state index in [4.69, 9.17) is 16.3 Å².